The molecule has 3 nitrogen and oxygen atoms in total. The van der Waals surface area contributed by atoms with Crippen molar-refractivity contribution in [1.29, 1.82) is 5.26 Å². The quantitative estimate of drug-likeness (QED) is 0.760. The van der Waals surface area contributed by atoms with Crippen LogP contribution in [0.25, 0.3) is 16.5 Å². The third-order valence-electron chi connectivity index (χ3n) is 3.09. The van der Waals surface area contributed by atoms with E-state index in [9.17, 15) is 4.79 Å². The first kappa shape index (κ1) is 16.3. The summed E-state index contributed by atoms with van der Waals surface area (Å²) in [6.45, 7) is 0.439. The first-order valence-electron chi connectivity index (χ1n) is 6.76. The summed E-state index contributed by atoms with van der Waals surface area (Å²) in [6, 6.07) is 13.7. The lowest BCUT2D eigenvalue weighted by Gasteiger charge is -2.11. The molecular weight excluding hydrogens is 316 g/mol. The minimum Gasteiger partial charge on any atom is -0.341 e. The monoisotopic (exact) mass is 330 g/mol. The summed E-state index contributed by atoms with van der Waals surface area (Å²) in [7, 11) is 1.69. The van der Waals surface area contributed by atoms with Crippen LogP contribution in [0.5, 0.6) is 0 Å². The average molecular weight is 331 g/mol. The lowest BCUT2D eigenvalue weighted by Crippen LogP contribution is -2.25. The average Bonchev–Trinajstić information content (AvgIpc) is 2.99. The number of halogens is 1. The second-order valence-electron chi connectivity index (χ2n) is 4.68. The van der Waals surface area contributed by atoms with E-state index in [0.717, 1.165) is 15.3 Å². The van der Waals surface area contributed by atoms with Crippen molar-refractivity contribution < 1.29 is 4.79 Å². The van der Waals surface area contributed by atoms with Crippen molar-refractivity contribution in [2.24, 2.45) is 0 Å². The van der Waals surface area contributed by atoms with Crippen molar-refractivity contribution in [3.8, 4) is 16.5 Å². The highest BCUT2D eigenvalue weighted by atomic mass is 35.5. The molecule has 1 heterocycles. The molecule has 1 amide bonds. The number of carbonyl (C=O) groups excluding carboxylic acids is 1. The molecule has 0 N–H and O–H groups in total. The molecule has 1 aromatic carbocycles. The van der Waals surface area contributed by atoms with Crippen LogP contribution in [-0.2, 0) is 4.79 Å². The van der Waals surface area contributed by atoms with E-state index in [2.05, 4.69) is 0 Å². The Morgan fingerprint density at radius 2 is 2.14 bits per heavy atom. The van der Waals surface area contributed by atoms with Crippen LogP contribution >= 0.6 is 22.9 Å². The summed E-state index contributed by atoms with van der Waals surface area (Å²) in [5.74, 6) is -0.108. The number of likely N-dealkylation sites (N-methyl/N-ethyl adjacent to an activating group) is 1. The van der Waals surface area contributed by atoms with Crippen LogP contribution in [0.3, 0.4) is 0 Å². The van der Waals surface area contributed by atoms with E-state index in [4.69, 9.17) is 16.9 Å². The van der Waals surface area contributed by atoms with Gasteiger partial charge < -0.3 is 4.90 Å². The van der Waals surface area contributed by atoms with Crippen LogP contribution in [0.2, 0.25) is 5.02 Å². The minimum atomic E-state index is -0.108. The molecule has 0 bridgehead atoms. The number of amides is 1. The molecule has 0 saturated carbocycles. The van der Waals surface area contributed by atoms with Gasteiger partial charge in [-0.25, -0.2) is 0 Å². The Bertz CT molecular complexity index is 730. The van der Waals surface area contributed by atoms with Crippen LogP contribution in [0.15, 0.2) is 42.5 Å². The zero-order chi connectivity index (χ0) is 15.9. The Kier molecular flexibility index (Phi) is 5.76. The SMILES string of the molecule is CN(CCC#N)C(=O)C=Cc1ccc(-c2ccccc2Cl)s1. The maximum atomic E-state index is 11.9. The van der Waals surface area contributed by atoms with Crippen molar-refractivity contribution in [3.05, 3.63) is 52.4 Å². The van der Waals surface area contributed by atoms with Gasteiger partial charge in [-0.05, 0) is 24.3 Å². The Morgan fingerprint density at radius 1 is 1.36 bits per heavy atom. The van der Waals surface area contributed by atoms with Crippen LogP contribution in [0.1, 0.15) is 11.3 Å². The van der Waals surface area contributed by atoms with Gasteiger partial charge in [-0.15, -0.1) is 11.3 Å². The zero-order valence-corrected chi connectivity index (χ0v) is 13.7. The molecule has 1 aromatic heterocycles. The third-order valence-corrected chi connectivity index (χ3v) is 4.50. The summed E-state index contributed by atoms with van der Waals surface area (Å²) in [4.78, 5) is 15.4. The predicted octanol–water partition coefficient (Wildman–Crippen LogP) is 4.45. The summed E-state index contributed by atoms with van der Waals surface area (Å²) < 4.78 is 0. The van der Waals surface area contributed by atoms with E-state index in [0.29, 0.717) is 18.0 Å². The number of hydrogen-bond donors (Lipinski definition) is 0. The fourth-order valence-electron chi connectivity index (χ4n) is 1.86. The Hall–Kier alpha value is -2.09. The highest BCUT2D eigenvalue weighted by molar-refractivity contribution is 7.16. The van der Waals surface area contributed by atoms with E-state index in [1.807, 2.05) is 42.5 Å². The highest BCUT2D eigenvalue weighted by Crippen LogP contribution is 2.33. The lowest BCUT2D eigenvalue weighted by atomic mass is 10.2. The maximum Gasteiger partial charge on any atom is 0.246 e. The van der Waals surface area contributed by atoms with Crippen molar-refractivity contribution >= 4 is 34.9 Å². The number of benzene rings is 1. The van der Waals surface area contributed by atoms with Gasteiger partial charge in [0.05, 0.1) is 12.5 Å². The van der Waals surface area contributed by atoms with E-state index in [1.165, 1.54) is 11.0 Å². The summed E-state index contributed by atoms with van der Waals surface area (Å²) in [5.41, 5.74) is 0.992. The van der Waals surface area contributed by atoms with E-state index >= 15 is 0 Å². The number of nitrogens with zero attached hydrogens (tertiary/aromatic N) is 2. The van der Waals surface area contributed by atoms with Crippen molar-refractivity contribution in [2.45, 2.75) is 6.42 Å². The molecular formula is C17H15ClN2OS. The molecule has 0 spiro atoms. The predicted molar refractivity (Wildman–Crippen MR) is 91.7 cm³/mol. The summed E-state index contributed by atoms with van der Waals surface area (Å²) in [5, 5.41) is 9.24. The molecule has 0 atom stereocenters. The summed E-state index contributed by atoms with van der Waals surface area (Å²) in [6.07, 6.45) is 3.65. The smallest absolute Gasteiger partial charge is 0.246 e. The highest BCUT2D eigenvalue weighted by Gasteiger charge is 2.06. The molecule has 0 unspecified atom stereocenters. The van der Waals surface area contributed by atoms with Gasteiger partial charge in [-0.3, -0.25) is 4.79 Å². The fraction of sp³-hybridized carbons (Fsp3) is 0.176. The van der Waals surface area contributed by atoms with E-state index < -0.39 is 0 Å². The number of carbonyl (C=O) groups is 1. The van der Waals surface area contributed by atoms with Crippen molar-refractivity contribution in [1.82, 2.24) is 4.90 Å². The normalized spacial score (nSPS) is 10.6. The molecule has 0 aliphatic heterocycles. The van der Waals surface area contributed by atoms with Gasteiger partial charge in [0.15, 0.2) is 0 Å². The van der Waals surface area contributed by atoms with Crippen LogP contribution in [0.4, 0.5) is 0 Å². The standard InChI is InChI=1S/C17H15ClN2OS/c1-20(12-4-11-19)17(21)10-8-13-7-9-16(22-13)14-5-2-3-6-15(14)18/h2-3,5-10H,4,12H2,1H3. The zero-order valence-electron chi connectivity index (χ0n) is 12.1. The topological polar surface area (TPSA) is 44.1 Å². The fourth-order valence-corrected chi connectivity index (χ4v) is 3.10. The van der Waals surface area contributed by atoms with E-state index in [-0.39, 0.29) is 5.91 Å². The van der Waals surface area contributed by atoms with Gasteiger partial charge in [-0.1, -0.05) is 29.8 Å². The first-order valence-corrected chi connectivity index (χ1v) is 7.96. The van der Waals surface area contributed by atoms with Gasteiger partial charge in [0.2, 0.25) is 5.91 Å². The largest absolute Gasteiger partial charge is 0.341 e. The molecule has 5 heteroatoms. The molecule has 22 heavy (non-hydrogen) atoms. The van der Waals surface area contributed by atoms with Gasteiger partial charge in [0, 0.05) is 40.0 Å². The molecule has 2 aromatic rings. The minimum absolute atomic E-state index is 0.108. The molecule has 2 rings (SSSR count). The summed E-state index contributed by atoms with van der Waals surface area (Å²) >= 11 is 7.76. The molecule has 0 radical (unpaired) electrons. The molecule has 0 fully saturated rings. The maximum absolute atomic E-state index is 11.9. The number of rotatable bonds is 5. The third kappa shape index (κ3) is 4.20. The van der Waals surface area contributed by atoms with Crippen molar-refractivity contribution in [2.75, 3.05) is 13.6 Å². The van der Waals surface area contributed by atoms with Crippen LogP contribution in [0, 0.1) is 11.3 Å². The Labute approximate surface area is 139 Å². The van der Waals surface area contributed by atoms with Gasteiger partial charge in [0.1, 0.15) is 0 Å². The Morgan fingerprint density at radius 3 is 2.86 bits per heavy atom. The molecule has 0 aliphatic rings. The lowest BCUT2D eigenvalue weighted by molar-refractivity contribution is -0.124. The molecule has 0 aliphatic carbocycles. The van der Waals surface area contributed by atoms with Crippen LogP contribution in [-0.4, -0.2) is 24.4 Å². The molecule has 112 valence electrons. The van der Waals surface area contributed by atoms with Crippen molar-refractivity contribution in [3.63, 3.8) is 0 Å². The van der Waals surface area contributed by atoms with Gasteiger partial charge in [0.25, 0.3) is 0 Å². The number of hydrogen-bond acceptors (Lipinski definition) is 3. The first-order chi connectivity index (χ1) is 10.6. The van der Waals surface area contributed by atoms with Gasteiger partial charge in [-0.2, -0.15) is 5.26 Å². The number of thiophene rings is 1. The Balaban J connectivity index is 2.06. The van der Waals surface area contributed by atoms with Crippen LogP contribution < -0.4 is 0 Å². The number of nitriles is 1. The van der Waals surface area contributed by atoms with Gasteiger partial charge >= 0.3 is 0 Å². The van der Waals surface area contributed by atoms with E-state index in [1.54, 1.807) is 24.5 Å². The second kappa shape index (κ2) is 7.79. The molecule has 0 saturated heterocycles. The second-order valence-corrected chi connectivity index (χ2v) is 6.21.